The Kier molecular flexibility index (Phi) is 6.14. The zero-order chi connectivity index (χ0) is 23.6. The Hall–Kier alpha value is -3.73. The SMILES string of the molecule is CCCc1nn(C)c2c(=O)[nH]c(-c3cc(S(=O)(=O)Oc4ccccn4)ccc3OCC)nc12. The van der Waals surface area contributed by atoms with E-state index < -0.39 is 10.1 Å². The van der Waals surface area contributed by atoms with Crippen molar-refractivity contribution in [1.82, 2.24) is 24.7 Å². The second-order valence-corrected chi connectivity index (χ2v) is 8.77. The summed E-state index contributed by atoms with van der Waals surface area (Å²) in [5.74, 6) is 0.495. The molecule has 0 saturated carbocycles. The predicted molar refractivity (Wildman–Crippen MR) is 122 cm³/mol. The fraction of sp³-hybridized carbons (Fsp3) is 0.273. The van der Waals surface area contributed by atoms with Gasteiger partial charge in [0.2, 0.25) is 5.88 Å². The van der Waals surface area contributed by atoms with Crippen molar-refractivity contribution < 1.29 is 17.3 Å². The molecule has 3 heterocycles. The molecule has 0 fully saturated rings. The van der Waals surface area contributed by atoms with Gasteiger partial charge in [-0.15, -0.1) is 0 Å². The minimum absolute atomic E-state index is 0.0551. The molecule has 1 N–H and O–H groups in total. The molecule has 0 aliphatic carbocycles. The number of hydrogen-bond donors (Lipinski definition) is 1. The van der Waals surface area contributed by atoms with E-state index in [2.05, 4.69) is 20.1 Å². The van der Waals surface area contributed by atoms with Crippen molar-refractivity contribution in [1.29, 1.82) is 0 Å². The van der Waals surface area contributed by atoms with E-state index in [1.807, 2.05) is 6.92 Å². The van der Waals surface area contributed by atoms with E-state index >= 15 is 0 Å². The summed E-state index contributed by atoms with van der Waals surface area (Å²) < 4.78 is 38.1. The first-order valence-corrected chi connectivity index (χ1v) is 11.8. The van der Waals surface area contributed by atoms with Crippen LogP contribution in [0.15, 0.2) is 52.3 Å². The van der Waals surface area contributed by atoms with Gasteiger partial charge in [-0.2, -0.15) is 13.5 Å². The summed E-state index contributed by atoms with van der Waals surface area (Å²) >= 11 is 0. The zero-order valence-corrected chi connectivity index (χ0v) is 19.2. The van der Waals surface area contributed by atoms with Gasteiger partial charge in [-0.1, -0.05) is 19.4 Å². The number of hydrogen-bond acceptors (Lipinski definition) is 8. The van der Waals surface area contributed by atoms with Crippen molar-refractivity contribution in [2.45, 2.75) is 31.6 Å². The third-order valence-electron chi connectivity index (χ3n) is 4.88. The number of ether oxygens (including phenoxy) is 1. The van der Waals surface area contributed by atoms with Crippen LogP contribution in [0.5, 0.6) is 11.6 Å². The van der Waals surface area contributed by atoms with E-state index in [9.17, 15) is 13.2 Å². The first kappa shape index (κ1) is 22.5. The van der Waals surface area contributed by atoms with Gasteiger partial charge < -0.3 is 13.9 Å². The highest BCUT2D eigenvalue weighted by Gasteiger charge is 2.22. The van der Waals surface area contributed by atoms with Crippen molar-refractivity contribution >= 4 is 21.2 Å². The van der Waals surface area contributed by atoms with Crippen molar-refractivity contribution in [3.8, 4) is 23.0 Å². The summed E-state index contributed by atoms with van der Waals surface area (Å²) in [6.07, 6.45) is 2.91. The summed E-state index contributed by atoms with van der Waals surface area (Å²) in [4.78, 5) is 24.0. The predicted octanol–water partition coefficient (Wildman–Crippen LogP) is 2.84. The van der Waals surface area contributed by atoms with E-state index in [0.29, 0.717) is 41.1 Å². The molecule has 0 aliphatic heterocycles. The first-order chi connectivity index (χ1) is 15.8. The monoisotopic (exact) mass is 469 g/mol. The van der Waals surface area contributed by atoms with Crippen LogP contribution >= 0.6 is 0 Å². The zero-order valence-electron chi connectivity index (χ0n) is 18.4. The standard InChI is InChI=1S/C22H23N5O5S/c1-4-8-16-19-20(27(3)26-16)22(28)25-21(24-19)15-13-14(10-11-17(15)31-5-2)33(29,30)32-18-9-6-7-12-23-18/h6-7,9-13H,4-5,8H2,1-3H3,(H,24,25,28). The van der Waals surface area contributed by atoms with E-state index in [1.54, 1.807) is 26.1 Å². The number of benzene rings is 1. The van der Waals surface area contributed by atoms with Gasteiger partial charge in [0.25, 0.3) is 5.56 Å². The summed E-state index contributed by atoms with van der Waals surface area (Å²) in [6, 6.07) is 8.95. The maximum absolute atomic E-state index is 12.9. The maximum atomic E-state index is 12.9. The number of aryl methyl sites for hydroxylation is 2. The Labute approximate surface area is 190 Å². The van der Waals surface area contributed by atoms with Gasteiger partial charge in [-0.05, 0) is 37.6 Å². The lowest BCUT2D eigenvalue weighted by atomic mass is 10.1. The molecule has 10 nitrogen and oxygen atoms in total. The molecular formula is C22H23N5O5S. The number of rotatable bonds is 8. The molecule has 0 spiro atoms. The maximum Gasteiger partial charge on any atom is 0.340 e. The third-order valence-corrected chi connectivity index (χ3v) is 6.10. The average Bonchev–Trinajstić information content (AvgIpc) is 3.10. The molecule has 0 unspecified atom stereocenters. The number of H-pyrrole nitrogens is 1. The molecule has 0 amide bonds. The number of aromatic amines is 1. The summed E-state index contributed by atoms with van der Waals surface area (Å²) in [6.45, 7) is 4.15. The molecule has 33 heavy (non-hydrogen) atoms. The fourth-order valence-electron chi connectivity index (χ4n) is 3.47. The quantitative estimate of drug-likeness (QED) is 0.390. The highest BCUT2D eigenvalue weighted by atomic mass is 32.2. The van der Waals surface area contributed by atoms with E-state index in [-0.39, 0.29) is 22.2 Å². The molecule has 3 aromatic heterocycles. The van der Waals surface area contributed by atoms with E-state index in [1.165, 1.54) is 35.1 Å². The van der Waals surface area contributed by atoms with Gasteiger partial charge in [0.15, 0.2) is 5.52 Å². The molecule has 172 valence electrons. The molecular weight excluding hydrogens is 446 g/mol. The topological polar surface area (TPSA) is 129 Å². The summed E-state index contributed by atoms with van der Waals surface area (Å²) in [5, 5.41) is 4.42. The lowest BCUT2D eigenvalue weighted by molar-refractivity contribution is 0.341. The van der Waals surface area contributed by atoms with E-state index in [0.717, 1.165) is 6.42 Å². The van der Waals surface area contributed by atoms with Gasteiger partial charge in [-0.25, -0.2) is 9.97 Å². The molecule has 0 aliphatic rings. The molecule has 1 aromatic carbocycles. The Morgan fingerprint density at radius 2 is 1.97 bits per heavy atom. The van der Waals surface area contributed by atoms with Crippen LogP contribution in [-0.4, -0.2) is 39.8 Å². The third kappa shape index (κ3) is 4.44. The second kappa shape index (κ2) is 9.02. The molecule has 0 saturated heterocycles. The first-order valence-electron chi connectivity index (χ1n) is 10.4. The van der Waals surface area contributed by atoms with Gasteiger partial charge in [0, 0.05) is 19.3 Å². The number of nitrogens with one attached hydrogen (secondary N) is 1. The second-order valence-electron chi connectivity index (χ2n) is 7.23. The number of aromatic nitrogens is 5. The largest absolute Gasteiger partial charge is 0.493 e. The van der Waals surface area contributed by atoms with Crippen LogP contribution in [0.1, 0.15) is 26.0 Å². The lowest BCUT2D eigenvalue weighted by Gasteiger charge is -2.12. The highest BCUT2D eigenvalue weighted by molar-refractivity contribution is 7.87. The molecule has 0 atom stereocenters. The van der Waals surface area contributed by atoms with Gasteiger partial charge in [0.1, 0.15) is 22.0 Å². The highest BCUT2D eigenvalue weighted by Crippen LogP contribution is 2.32. The number of nitrogens with zero attached hydrogens (tertiary/aromatic N) is 4. The Morgan fingerprint density at radius 3 is 2.67 bits per heavy atom. The van der Waals surface area contributed by atoms with Crippen molar-refractivity contribution in [3.63, 3.8) is 0 Å². The molecule has 0 radical (unpaired) electrons. The Balaban J connectivity index is 1.87. The summed E-state index contributed by atoms with van der Waals surface area (Å²) in [5.41, 5.74) is 1.45. The van der Waals surface area contributed by atoms with Gasteiger partial charge >= 0.3 is 10.1 Å². The van der Waals surface area contributed by atoms with Crippen LogP contribution in [-0.2, 0) is 23.6 Å². The van der Waals surface area contributed by atoms with Crippen LogP contribution in [0, 0.1) is 0 Å². The average molecular weight is 470 g/mol. The number of fused-ring (bicyclic) bond motifs is 1. The normalized spacial score (nSPS) is 11.6. The Bertz CT molecular complexity index is 1460. The summed E-state index contributed by atoms with van der Waals surface area (Å²) in [7, 11) is -2.51. The van der Waals surface area contributed by atoms with Gasteiger partial charge in [0.05, 0.1) is 17.9 Å². The fourth-order valence-corrected chi connectivity index (χ4v) is 4.38. The minimum Gasteiger partial charge on any atom is -0.493 e. The molecule has 0 bridgehead atoms. The van der Waals surface area contributed by atoms with Gasteiger partial charge in [-0.3, -0.25) is 9.48 Å². The van der Waals surface area contributed by atoms with Crippen molar-refractivity contribution in [3.05, 3.63) is 58.6 Å². The number of pyridine rings is 1. The smallest absolute Gasteiger partial charge is 0.340 e. The van der Waals surface area contributed by atoms with Crippen LogP contribution in [0.2, 0.25) is 0 Å². The van der Waals surface area contributed by atoms with Crippen molar-refractivity contribution in [2.24, 2.45) is 7.05 Å². The Morgan fingerprint density at radius 1 is 1.15 bits per heavy atom. The van der Waals surface area contributed by atoms with Crippen molar-refractivity contribution in [2.75, 3.05) is 6.61 Å². The van der Waals surface area contributed by atoms with E-state index in [4.69, 9.17) is 8.92 Å². The molecule has 4 aromatic rings. The molecule has 4 rings (SSSR count). The lowest BCUT2D eigenvalue weighted by Crippen LogP contribution is -2.14. The minimum atomic E-state index is -4.20. The molecule has 11 heteroatoms. The van der Waals surface area contributed by atoms with Crippen LogP contribution in [0.25, 0.3) is 22.4 Å². The van der Waals surface area contributed by atoms with Crippen LogP contribution in [0.3, 0.4) is 0 Å². The van der Waals surface area contributed by atoms with Crippen LogP contribution < -0.4 is 14.5 Å². The van der Waals surface area contributed by atoms with Crippen LogP contribution in [0.4, 0.5) is 0 Å².